The zero-order valence-corrected chi connectivity index (χ0v) is 18.5. The second-order valence-electron chi connectivity index (χ2n) is 7.79. The van der Waals surface area contributed by atoms with E-state index >= 15 is 0 Å². The van der Waals surface area contributed by atoms with Gasteiger partial charge in [0, 0.05) is 31.3 Å². The SMILES string of the molecule is COc1ccc(OC)c(-c2nn(-c3ccccc3)cc2CCC(=O)NC[C@H]2CCCO2)c1. The van der Waals surface area contributed by atoms with E-state index < -0.39 is 0 Å². The third kappa shape index (κ3) is 5.11. The first-order valence-electron chi connectivity index (χ1n) is 10.9. The number of aromatic nitrogens is 2. The van der Waals surface area contributed by atoms with Crippen LogP contribution in [0.3, 0.4) is 0 Å². The number of nitrogens with one attached hydrogen (secondary N) is 1. The van der Waals surface area contributed by atoms with Crippen molar-refractivity contribution in [1.82, 2.24) is 15.1 Å². The molecule has 2 aromatic carbocycles. The highest BCUT2D eigenvalue weighted by molar-refractivity contribution is 5.77. The maximum absolute atomic E-state index is 12.5. The van der Waals surface area contributed by atoms with Gasteiger partial charge in [0.1, 0.15) is 11.5 Å². The van der Waals surface area contributed by atoms with Crippen LogP contribution in [-0.2, 0) is 16.0 Å². The van der Waals surface area contributed by atoms with Gasteiger partial charge in [-0.05, 0) is 55.2 Å². The van der Waals surface area contributed by atoms with E-state index in [0.717, 1.165) is 47.7 Å². The standard InChI is InChI=1S/C25H29N3O4/c1-30-20-11-12-23(31-2)22(15-20)25-18(17-28(27-25)19-7-4-3-5-8-19)10-13-24(29)26-16-21-9-6-14-32-21/h3-5,7-8,11-12,15,17,21H,6,9-10,13-14,16H2,1-2H3,(H,26,29)/t21-/m1/s1. The van der Waals surface area contributed by atoms with Crippen LogP contribution in [0, 0.1) is 0 Å². The second kappa shape index (κ2) is 10.3. The fourth-order valence-electron chi connectivity index (χ4n) is 3.90. The van der Waals surface area contributed by atoms with E-state index in [2.05, 4.69) is 5.32 Å². The lowest BCUT2D eigenvalue weighted by Gasteiger charge is -2.11. The van der Waals surface area contributed by atoms with Crippen LogP contribution < -0.4 is 14.8 Å². The lowest BCUT2D eigenvalue weighted by atomic mass is 10.0. The fourth-order valence-corrected chi connectivity index (χ4v) is 3.90. The first kappa shape index (κ1) is 21.9. The summed E-state index contributed by atoms with van der Waals surface area (Å²) in [7, 11) is 3.27. The number of para-hydroxylation sites is 1. The molecule has 32 heavy (non-hydrogen) atoms. The Morgan fingerprint density at radius 3 is 2.75 bits per heavy atom. The second-order valence-corrected chi connectivity index (χ2v) is 7.79. The molecular weight excluding hydrogens is 406 g/mol. The number of benzene rings is 2. The highest BCUT2D eigenvalue weighted by Gasteiger charge is 2.19. The Morgan fingerprint density at radius 2 is 2.03 bits per heavy atom. The molecule has 1 aliphatic rings. The first-order valence-corrected chi connectivity index (χ1v) is 10.9. The Balaban J connectivity index is 1.59. The van der Waals surface area contributed by atoms with Gasteiger partial charge in [-0.25, -0.2) is 4.68 Å². The molecule has 1 amide bonds. The Morgan fingerprint density at radius 1 is 1.19 bits per heavy atom. The molecule has 1 aliphatic heterocycles. The van der Waals surface area contributed by atoms with Gasteiger partial charge in [0.25, 0.3) is 0 Å². The molecule has 2 heterocycles. The lowest BCUT2D eigenvalue weighted by Crippen LogP contribution is -2.31. The minimum absolute atomic E-state index is 0.0107. The monoisotopic (exact) mass is 435 g/mol. The molecule has 7 nitrogen and oxygen atoms in total. The van der Waals surface area contributed by atoms with Gasteiger partial charge in [-0.1, -0.05) is 18.2 Å². The van der Waals surface area contributed by atoms with Crippen molar-refractivity contribution in [3.63, 3.8) is 0 Å². The first-order chi connectivity index (χ1) is 15.7. The maximum Gasteiger partial charge on any atom is 0.220 e. The van der Waals surface area contributed by atoms with Crippen molar-refractivity contribution in [3.05, 3.63) is 60.3 Å². The van der Waals surface area contributed by atoms with Crippen LogP contribution in [0.4, 0.5) is 0 Å². The molecule has 0 spiro atoms. The number of nitrogens with zero attached hydrogens (tertiary/aromatic N) is 2. The summed E-state index contributed by atoms with van der Waals surface area (Å²) in [6.07, 6.45) is 5.11. The predicted molar refractivity (Wildman–Crippen MR) is 122 cm³/mol. The van der Waals surface area contributed by atoms with E-state index in [9.17, 15) is 4.79 Å². The van der Waals surface area contributed by atoms with Gasteiger partial charge in [-0.2, -0.15) is 5.10 Å². The summed E-state index contributed by atoms with van der Waals surface area (Å²) < 4.78 is 18.4. The molecule has 4 rings (SSSR count). The van der Waals surface area contributed by atoms with Crippen molar-refractivity contribution in [2.75, 3.05) is 27.4 Å². The summed E-state index contributed by atoms with van der Waals surface area (Å²) in [5.74, 6) is 1.43. The van der Waals surface area contributed by atoms with Crippen LogP contribution in [-0.4, -0.2) is 49.2 Å². The van der Waals surface area contributed by atoms with E-state index in [1.54, 1.807) is 14.2 Å². The van der Waals surface area contributed by atoms with Gasteiger partial charge >= 0.3 is 0 Å². The molecular formula is C25H29N3O4. The van der Waals surface area contributed by atoms with Gasteiger partial charge in [-0.15, -0.1) is 0 Å². The summed E-state index contributed by atoms with van der Waals surface area (Å²) in [5.41, 5.74) is 3.52. The van der Waals surface area contributed by atoms with Crippen LogP contribution in [0.25, 0.3) is 16.9 Å². The zero-order chi connectivity index (χ0) is 22.3. The van der Waals surface area contributed by atoms with Gasteiger partial charge in [0.2, 0.25) is 5.91 Å². The minimum Gasteiger partial charge on any atom is -0.497 e. The summed E-state index contributed by atoms with van der Waals surface area (Å²) in [6.45, 7) is 1.35. The highest BCUT2D eigenvalue weighted by Crippen LogP contribution is 2.35. The number of carbonyl (C=O) groups excluding carboxylic acids is 1. The topological polar surface area (TPSA) is 74.6 Å². The number of ether oxygens (including phenoxy) is 3. The predicted octanol–water partition coefficient (Wildman–Crippen LogP) is 3.78. The molecule has 168 valence electrons. The van der Waals surface area contributed by atoms with E-state index in [4.69, 9.17) is 19.3 Å². The molecule has 0 radical (unpaired) electrons. The smallest absolute Gasteiger partial charge is 0.220 e. The molecule has 0 aliphatic carbocycles. The molecule has 1 fully saturated rings. The number of hydrogen-bond acceptors (Lipinski definition) is 5. The van der Waals surface area contributed by atoms with Crippen LogP contribution >= 0.6 is 0 Å². The highest BCUT2D eigenvalue weighted by atomic mass is 16.5. The van der Waals surface area contributed by atoms with Crippen LogP contribution in [0.1, 0.15) is 24.8 Å². The van der Waals surface area contributed by atoms with Gasteiger partial charge < -0.3 is 19.5 Å². The number of hydrogen-bond donors (Lipinski definition) is 1. The number of aryl methyl sites for hydroxylation is 1. The van der Waals surface area contributed by atoms with Crippen LogP contribution in [0.5, 0.6) is 11.5 Å². The molecule has 0 bridgehead atoms. The maximum atomic E-state index is 12.5. The summed E-state index contributed by atoms with van der Waals surface area (Å²) in [5, 5.41) is 7.85. The van der Waals surface area contributed by atoms with Crippen molar-refractivity contribution >= 4 is 5.91 Å². The van der Waals surface area contributed by atoms with Gasteiger partial charge in [0.15, 0.2) is 0 Å². The third-order valence-corrected chi connectivity index (χ3v) is 5.64. The fraction of sp³-hybridized carbons (Fsp3) is 0.360. The number of carbonyl (C=O) groups is 1. The van der Waals surface area contributed by atoms with Crippen molar-refractivity contribution in [2.45, 2.75) is 31.8 Å². The number of rotatable bonds is 9. The van der Waals surface area contributed by atoms with Gasteiger partial charge in [0.05, 0.1) is 31.7 Å². The van der Waals surface area contributed by atoms with E-state index in [-0.39, 0.29) is 12.0 Å². The molecule has 1 aromatic heterocycles. The van der Waals surface area contributed by atoms with Crippen molar-refractivity contribution in [2.24, 2.45) is 0 Å². The normalized spacial score (nSPS) is 15.5. The molecule has 3 aromatic rings. The molecule has 0 unspecified atom stereocenters. The van der Waals surface area contributed by atoms with Crippen LogP contribution in [0.15, 0.2) is 54.7 Å². The summed E-state index contributed by atoms with van der Waals surface area (Å²) >= 11 is 0. The molecule has 0 saturated carbocycles. The third-order valence-electron chi connectivity index (χ3n) is 5.64. The average molecular weight is 436 g/mol. The Kier molecular flexibility index (Phi) is 7.07. The van der Waals surface area contributed by atoms with E-state index in [1.807, 2.05) is 59.4 Å². The molecule has 1 atom stereocenters. The molecule has 1 saturated heterocycles. The largest absolute Gasteiger partial charge is 0.497 e. The zero-order valence-electron chi connectivity index (χ0n) is 18.5. The Hall–Kier alpha value is -3.32. The summed E-state index contributed by atoms with van der Waals surface area (Å²) in [4.78, 5) is 12.5. The quantitative estimate of drug-likeness (QED) is 0.554. The minimum atomic E-state index is 0.0107. The molecule has 1 N–H and O–H groups in total. The number of methoxy groups -OCH3 is 2. The Labute approximate surface area is 188 Å². The Bertz CT molecular complexity index is 1040. The van der Waals surface area contributed by atoms with Crippen molar-refractivity contribution < 1.29 is 19.0 Å². The number of amides is 1. The van der Waals surface area contributed by atoms with Gasteiger partial charge in [-0.3, -0.25) is 4.79 Å². The summed E-state index contributed by atoms with van der Waals surface area (Å²) in [6, 6.07) is 15.6. The van der Waals surface area contributed by atoms with Crippen LogP contribution in [0.2, 0.25) is 0 Å². The van der Waals surface area contributed by atoms with E-state index in [1.165, 1.54) is 0 Å². The average Bonchev–Trinajstić information content (AvgIpc) is 3.51. The lowest BCUT2D eigenvalue weighted by molar-refractivity contribution is -0.121. The van der Waals surface area contributed by atoms with E-state index in [0.29, 0.717) is 25.1 Å². The van der Waals surface area contributed by atoms with Crippen molar-refractivity contribution in [3.8, 4) is 28.4 Å². The molecule has 7 heteroatoms. The van der Waals surface area contributed by atoms with Crippen molar-refractivity contribution in [1.29, 1.82) is 0 Å².